The van der Waals surface area contributed by atoms with Gasteiger partial charge in [-0.05, 0) is 24.5 Å². The minimum atomic E-state index is -0.203. The van der Waals surface area contributed by atoms with Gasteiger partial charge in [0.25, 0.3) is 0 Å². The number of carbonyl (C=O) groups is 1. The van der Waals surface area contributed by atoms with Crippen molar-refractivity contribution in [1.82, 2.24) is 20.1 Å². The van der Waals surface area contributed by atoms with Gasteiger partial charge in [-0.1, -0.05) is 12.1 Å². The quantitative estimate of drug-likeness (QED) is 0.909. The molecule has 126 valence electrons. The van der Waals surface area contributed by atoms with Crippen molar-refractivity contribution < 1.29 is 14.3 Å². The Kier molecular flexibility index (Phi) is 3.84. The lowest BCUT2D eigenvalue weighted by Crippen LogP contribution is -2.37. The van der Waals surface area contributed by atoms with Crippen LogP contribution in [0.4, 0.5) is 0 Å². The van der Waals surface area contributed by atoms with Crippen LogP contribution in [-0.4, -0.2) is 34.4 Å². The van der Waals surface area contributed by atoms with Gasteiger partial charge >= 0.3 is 0 Å². The van der Waals surface area contributed by atoms with Crippen molar-refractivity contribution in [2.75, 3.05) is 13.7 Å². The number of methoxy groups -OCH3 is 1. The van der Waals surface area contributed by atoms with Crippen LogP contribution in [0, 0.1) is 5.92 Å². The number of para-hydroxylation sites is 1. The monoisotopic (exact) mass is 328 g/mol. The summed E-state index contributed by atoms with van der Waals surface area (Å²) in [7, 11) is 1.62. The van der Waals surface area contributed by atoms with E-state index in [0.29, 0.717) is 25.3 Å². The molecule has 0 saturated carbocycles. The average Bonchev–Trinajstić information content (AvgIpc) is 3.22. The van der Waals surface area contributed by atoms with E-state index in [9.17, 15) is 4.79 Å². The Labute approximate surface area is 140 Å². The van der Waals surface area contributed by atoms with Crippen molar-refractivity contribution in [3.8, 4) is 11.5 Å². The molecule has 0 aliphatic carbocycles. The maximum Gasteiger partial charge on any atom is 0.227 e. The van der Waals surface area contributed by atoms with Crippen LogP contribution in [-0.2, 0) is 30.7 Å². The van der Waals surface area contributed by atoms with E-state index >= 15 is 0 Å². The number of rotatable bonds is 4. The van der Waals surface area contributed by atoms with E-state index in [1.54, 1.807) is 7.11 Å². The first-order chi connectivity index (χ1) is 11.8. The lowest BCUT2D eigenvalue weighted by molar-refractivity contribution is -0.126. The lowest BCUT2D eigenvalue weighted by atomic mass is 9.95. The van der Waals surface area contributed by atoms with Gasteiger partial charge in [0.2, 0.25) is 5.91 Å². The Hall–Kier alpha value is -2.57. The molecule has 1 aromatic heterocycles. The smallest absolute Gasteiger partial charge is 0.227 e. The van der Waals surface area contributed by atoms with E-state index in [2.05, 4.69) is 20.1 Å². The molecule has 1 atom stereocenters. The van der Waals surface area contributed by atoms with Crippen molar-refractivity contribution in [3.05, 3.63) is 35.4 Å². The zero-order valence-corrected chi connectivity index (χ0v) is 13.6. The summed E-state index contributed by atoms with van der Waals surface area (Å²) in [6.45, 7) is 1.71. The molecule has 1 N–H and O–H groups in total. The number of nitrogens with one attached hydrogen (secondary N) is 1. The minimum Gasteiger partial charge on any atom is -0.493 e. The average molecular weight is 328 g/mol. The number of aromatic nitrogens is 3. The molecular formula is C17H20N4O3. The van der Waals surface area contributed by atoms with Crippen LogP contribution < -0.4 is 14.8 Å². The summed E-state index contributed by atoms with van der Waals surface area (Å²) < 4.78 is 13.2. The number of ether oxygens (including phenoxy) is 2. The Morgan fingerprint density at radius 1 is 1.46 bits per heavy atom. The van der Waals surface area contributed by atoms with Crippen molar-refractivity contribution >= 4 is 5.91 Å². The molecule has 4 rings (SSSR count). The van der Waals surface area contributed by atoms with Crippen LogP contribution in [0.2, 0.25) is 0 Å². The van der Waals surface area contributed by atoms with E-state index in [-0.39, 0.29) is 11.8 Å². The second-order valence-corrected chi connectivity index (χ2v) is 6.17. The highest BCUT2D eigenvalue weighted by Crippen LogP contribution is 2.36. The molecule has 7 nitrogen and oxygen atoms in total. The summed E-state index contributed by atoms with van der Waals surface area (Å²) in [5, 5.41) is 11.3. The van der Waals surface area contributed by atoms with E-state index in [0.717, 1.165) is 42.3 Å². The minimum absolute atomic E-state index is 0.0150. The molecule has 1 amide bonds. The molecule has 0 bridgehead atoms. The maximum absolute atomic E-state index is 12.5. The van der Waals surface area contributed by atoms with Gasteiger partial charge in [-0.15, -0.1) is 10.2 Å². The highest BCUT2D eigenvalue weighted by molar-refractivity contribution is 5.79. The highest BCUT2D eigenvalue weighted by atomic mass is 16.5. The maximum atomic E-state index is 12.5. The van der Waals surface area contributed by atoms with Crippen molar-refractivity contribution in [2.45, 2.75) is 32.4 Å². The number of hydrogen-bond acceptors (Lipinski definition) is 5. The van der Waals surface area contributed by atoms with Gasteiger partial charge in [0.15, 0.2) is 17.3 Å². The molecule has 3 heterocycles. The summed E-state index contributed by atoms with van der Waals surface area (Å²) >= 11 is 0. The SMILES string of the molecule is COc1cccc2c1OC[C@@H](C(=O)NCc1nnc3n1CCC3)C2. The molecule has 0 radical (unpaired) electrons. The fourth-order valence-electron chi connectivity index (χ4n) is 3.38. The number of hydrogen-bond donors (Lipinski definition) is 1. The summed E-state index contributed by atoms with van der Waals surface area (Å²) in [6.07, 6.45) is 2.72. The van der Waals surface area contributed by atoms with Crippen molar-refractivity contribution in [2.24, 2.45) is 5.92 Å². The Morgan fingerprint density at radius 2 is 2.38 bits per heavy atom. The standard InChI is InChI=1S/C17H20N4O3/c1-23-13-5-2-4-11-8-12(10-24-16(11)13)17(22)18-9-15-20-19-14-6-3-7-21(14)15/h2,4-5,12H,3,6-10H2,1H3,(H,18,22)/t12-/m0/s1. The van der Waals surface area contributed by atoms with Gasteiger partial charge in [-0.2, -0.15) is 0 Å². The second-order valence-electron chi connectivity index (χ2n) is 6.17. The number of nitrogens with zero attached hydrogens (tertiary/aromatic N) is 3. The molecule has 0 saturated heterocycles. The van der Waals surface area contributed by atoms with Crippen molar-refractivity contribution in [3.63, 3.8) is 0 Å². The van der Waals surface area contributed by atoms with E-state index in [4.69, 9.17) is 9.47 Å². The predicted molar refractivity (Wildman–Crippen MR) is 85.9 cm³/mol. The van der Waals surface area contributed by atoms with Gasteiger partial charge in [0.05, 0.1) is 19.6 Å². The van der Waals surface area contributed by atoms with Crippen LogP contribution >= 0.6 is 0 Å². The highest BCUT2D eigenvalue weighted by Gasteiger charge is 2.28. The van der Waals surface area contributed by atoms with Crippen LogP contribution in [0.3, 0.4) is 0 Å². The number of aryl methyl sites for hydroxylation is 1. The topological polar surface area (TPSA) is 78.3 Å². The van der Waals surface area contributed by atoms with Crippen LogP contribution in [0.5, 0.6) is 11.5 Å². The molecule has 0 unspecified atom stereocenters. The zero-order valence-electron chi connectivity index (χ0n) is 13.6. The Bertz CT molecular complexity index is 771. The third-order valence-electron chi connectivity index (χ3n) is 4.65. The summed E-state index contributed by atoms with van der Waals surface area (Å²) in [5.41, 5.74) is 1.00. The van der Waals surface area contributed by atoms with Gasteiger partial charge in [-0.25, -0.2) is 0 Å². The molecule has 1 aromatic carbocycles. The first kappa shape index (κ1) is 15.0. The predicted octanol–water partition coefficient (Wildman–Crippen LogP) is 1.10. The summed E-state index contributed by atoms with van der Waals surface area (Å²) in [4.78, 5) is 12.5. The third-order valence-corrected chi connectivity index (χ3v) is 4.65. The second kappa shape index (κ2) is 6.14. The van der Waals surface area contributed by atoms with Gasteiger partial charge < -0.3 is 19.4 Å². The molecule has 2 aliphatic rings. The molecular weight excluding hydrogens is 308 g/mol. The third kappa shape index (κ3) is 2.60. The first-order valence-electron chi connectivity index (χ1n) is 8.23. The normalized spacial score (nSPS) is 18.5. The molecule has 0 fully saturated rings. The largest absolute Gasteiger partial charge is 0.493 e. The van der Waals surface area contributed by atoms with E-state index in [1.807, 2.05) is 18.2 Å². The Balaban J connectivity index is 1.40. The van der Waals surface area contributed by atoms with Crippen LogP contribution in [0.1, 0.15) is 23.6 Å². The molecule has 2 aromatic rings. The lowest BCUT2D eigenvalue weighted by Gasteiger charge is -2.25. The van der Waals surface area contributed by atoms with Crippen LogP contribution in [0.15, 0.2) is 18.2 Å². The fraction of sp³-hybridized carbons (Fsp3) is 0.471. The summed E-state index contributed by atoms with van der Waals surface area (Å²) in [5.74, 6) is 3.09. The molecule has 24 heavy (non-hydrogen) atoms. The Morgan fingerprint density at radius 3 is 3.25 bits per heavy atom. The molecule has 7 heteroatoms. The molecule has 0 spiro atoms. The number of benzene rings is 1. The van der Waals surface area contributed by atoms with E-state index in [1.165, 1.54) is 0 Å². The summed E-state index contributed by atoms with van der Waals surface area (Å²) in [6, 6.07) is 5.76. The number of fused-ring (bicyclic) bond motifs is 2. The zero-order chi connectivity index (χ0) is 16.5. The molecule has 2 aliphatic heterocycles. The fourth-order valence-corrected chi connectivity index (χ4v) is 3.38. The number of amides is 1. The van der Waals surface area contributed by atoms with Gasteiger partial charge in [0.1, 0.15) is 12.4 Å². The number of carbonyl (C=O) groups excluding carboxylic acids is 1. The van der Waals surface area contributed by atoms with E-state index < -0.39 is 0 Å². The van der Waals surface area contributed by atoms with Gasteiger partial charge in [0, 0.05) is 13.0 Å². The first-order valence-corrected chi connectivity index (χ1v) is 8.23. The van der Waals surface area contributed by atoms with Gasteiger partial charge in [-0.3, -0.25) is 4.79 Å². The van der Waals surface area contributed by atoms with Crippen molar-refractivity contribution in [1.29, 1.82) is 0 Å². The van der Waals surface area contributed by atoms with Crippen LogP contribution in [0.25, 0.3) is 0 Å².